The molecule has 0 spiro atoms. The van der Waals surface area contributed by atoms with Gasteiger partial charge >= 0.3 is 0 Å². The van der Waals surface area contributed by atoms with Crippen molar-refractivity contribution in [3.8, 4) is 0 Å². The Bertz CT molecular complexity index is 358. The van der Waals surface area contributed by atoms with Gasteiger partial charge in [0.05, 0.1) is 0 Å². The van der Waals surface area contributed by atoms with E-state index >= 15 is 0 Å². The number of rotatable bonds is 5. The molecule has 1 aromatic carbocycles. The first kappa shape index (κ1) is 16.7. The van der Waals surface area contributed by atoms with Crippen LogP contribution in [0.3, 0.4) is 0 Å². The second-order valence-corrected chi connectivity index (χ2v) is 8.15. The Kier molecular flexibility index (Phi) is 6.40. The quantitative estimate of drug-likeness (QED) is 0.471. The summed E-state index contributed by atoms with van der Waals surface area (Å²) in [5.41, 5.74) is 1.97. The standard InChI is InChI=1S/C15H21Br3/c1-14(2,3)8-9-15(10-16,11-17)12-4-6-13(18)7-5-12/h4-7H,8-11H2,1-3H3. The highest BCUT2D eigenvalue weighted by Crippen LogP contribution is 2.37. The third-order valence-electron chi connectivity index (χ3n) is 3.32. The summed E-state index contributed by atoms with van der Waals surface area (Å²) in [5.74, 6) is 0. The molecule has 0 aromatic heterocycles. The topological polar surface area (TPSA) is 0 Å². The van der Waals surface area contributed by atoms with Gasteiger partial charge in [-0.15, -0.1) is 0 Å². The summed E-state index contributed by atoms with van der Waals surface area (Å²) in [7, 11) is 0. The molecule has 0 aliphatic heterocycles. The van der Waals surface area contributed by atoms with E-state index in [1.807, 2.05) is 0 Å². The van der Waals surface area contributed by atoms with Crippen molar-refractivity contribution >= 4 is 47.8 Å². The van der Waals surface area contributed by atoms with E-state index < -0.39 is 0 Å². The highest BCUT2D eigenvalue weighted by molar-refractivity contribution is 9.10. The lowest BCUT2D eigenvalue weighted by atomic mass is 9.76. The molecule has 1 rings (SSSR count). The minimum absolute atomic E-state index is 0.188. The maximum Gasteiger partial charge on any atom is 0.0175 e. The predicted octanol–water partition coefficient (Wildman–Crippen LogP) is 6.30. The maximum atomic E-state index is 3.71. The van der Waals surface area contributed by atoms with Gasteiger partial charge in [0.1, 0.15) is 0 Å². The third kappa shape index (κ3) is 4.64. The van der Waals surface area contributed by atoms with Crippen molar-refractivity contribution in [1.29, 1.82) is 0 Å². The summed E-state index contributed by atoms with van der Waals surface area (Å²) in [6.45, 7) is 6.92. The third-order valence-corrected chi connectivity index (χ3v) is 6.00. The van der Waals surface area contributed by atoms with Crippen molar-refractivity contribution in [2.45, 2.75) is 39.0 Å². The largest absolute Gasteiger partial charge is 0.0918 e. The number of hydrogen-bond donors (Lipinski definition) is 0. The Balaban J connectivity index is 2.95. The van der Waals surface area contributed by atoms with Gasteiger partial charge < -0.3 is 0 Å². The average Bonchev–Trinajstić information content (AvgIpc) is 2.32. The summed E-state index contributed by atoms with van der Waals surface area (Å²) in [5, 5.41) is 1.98. The van der Waals surface area contributed by atoms with Gasteiger partial charge in [0.2, 0.25) is 0 Å². The van der Waals surface area contributed by atoms with Crippen LogP contribution in [0.4, 0.5) is 0 Å². The normalized spacial score (nSPS) is 12.8. The van der Waals surface area contributed by atoms with Crippen LogP contribution in [-0.2, 0) is 5.41 Å². The average molecular weight is 441 g/mol. The number of halogens is 3. The van der Waals surface area contributed by atoms with Crippen LogP contribution in [-0.4, -0.2) is 10.7 Å². The van der Waals surface area contributed by atoms with Crippen LogP contribution in [0.25, 0.3) is 0 Å². The molecule has 0 amide bonds. The van der Waals surface area contributed by atoms with Crippen LogP contribution in [0.2, 0.25) is 0 Å². The molecule has 3 heteroatoms. The minimum atomic E-state index is 0.188. The van der Waals surface area contributed by atoms with Gasteiger partial charge in [-0.1, -0.05) is 80.7 Å². The zero-order valence-corrected chi connectivity index (χ0v) is 16.0. The van der Waals surface area contributed by atoms with Crippen LogP contribution in [0.5, 0.6) is 0 Å². The van der Waals surface area contributed by atoms with Crippen LogP contribution in [0.1, 0.15) is 39.2 Å². The summed E-state index contributed by atoms with van der Waals surface area (Å²) < 4.78 is 1.14. The first-order chi connectivity index (χ1) is 8.33. The fraction of sp³-hybridized carbons (Fsp3) is 0.600. The Morgan fingerprint density at radius 3 is 1.78 bits per heavy atom. The molecule has 0 aliphatic carbocycles. The van der Waals surface area contributed by atoms with E-state index in [4.69, 9.17) is 0 Å². The highest BCUT2D eigenvalue weighted by atomic mass is 79.9. The van der Waals surface area contributed by atoms with Crippen molar-refractivity contribution in [1.82, 2.24) is 0 Å². The monoisotopic (exact) mass is 438 g/mol. The zero-order valence-electron chi connectivity index (χ0n) is 11.3. The Morgan fingerprint density at radius 1 is 0.889 bits per heavy atom. The van der Waals surface area contributed by atoms with Crippen LogP contribution in [0.15, 0.2) is 28.7 Å². The van der Waals surface area contributed by atoms with Gasteiger partial charge in [-0.2, -0.15) is 0 Å². The lowest BCUT2D eigenvalue weighted by Crippen LogP contribution is -2.31. The van der Waals surface area contributed by atoms with Crippen molar-refractivity contribution in [3.05, 3.63) is 34.3 Å². The lowest BCUT2D eigenvalue weighted by molar-refractivity contribution is 0.321. The fourth-order valence-electron chi connectivity index (χ4n) is 1.89. The molecule has 0 aliphatic rings. The summed E-state index contributed by atoms with van der Waals surface area (Å²) in [6.07, 6.45) is 2.41. The molecule has 102 valence electrons. The SMILES string of the molecule is CC(C)(C)CCC(CBr)(CBr)c1ccc(Br)cc1. The van der Waals surface area contributed by atoms with E-state index in [2.05, 4.69) is 92.8 Å². The van der Waals surface area contributed by atoms with Crippen LogP contribution in [0, 0.1) is 5.41 Å². The summed E-state index contributed by atoms with van der Waals surface area (Å²) in [6, 6.07) is 8.73. The number of benzene rings is 1. The molecule has 0 heterocycles. The van der Waals surface area contributed by atoms with E-state index in [9.17, 15) is 0 Å². The second-order valence-electron chi connectivity index (χ2n) is 6.12. The first-order valence-corrected chi connectivity index (χ1v) is 9.25. The van der Waals surface area contributed by atoms with Gasteiger partial charge in [-0.05, 0) is 36.0 Å². The smallest absolute Gasteiger partial charge is 0.0175 e. The molecule has 0 N–H and O–H groups in total. The van der Waals surface area contributed by atoms with Crippen LogP contribution < -0.4 is 0 Å². The van der Waals surface area contributed by atoms with Crippen LogP contribution >= 0.6 is 47.8 Å². The second kappa shape index (κ2) is 6.90. The maximum absolute atomic E-state index is 3.71. The molecule has 0 fully saturated rings. The molecule has 18 heavy (non-hydrogen) atoms. The van der Waals surface area contributed by atoms with Crippen molar-refractivity contribution in [2.75, 3.05) is 10.7 Å². The molecule has 0 unspecified atom stereocenters. The molecule has 1 aromatic rings. The van der Waals surface area contributed by atoms with E-state index in [1.54, 1.807) is 0 Å². The molecule has 0 saturated carbocycles. The summed E-state index contributed by atoms with van der Waals surface area (Å²) >= 11 is 10.9. The van der Waals surface area contributed by atoms with E-state index in [1.165, 1.54) is 18.4 Å². The molecule has 0 nitrogen and oxygen atoms in total. The molecule has 0 radical (unpaired) electrons. The summed E-state index contributed by atoms with van der Waals surface area (Å²) in [4.78, 5) is 0. The van der Waals surface area contributed by atoms with Crippen molar-refractivity contribution in [3.63, 3.8) is 0 Å². The highest BCUT2D eigenvalue weighted by Gasteiger charge is 2.31. The van der Waals surface area contributed by atoms with Gasteiger partial charge in [0.25, 0.3) is 0 Å². The Hall–Kier alpha value is 0.660. The predicted molar refractivity (Wildman–Crippen MR) is 92.1 cm³/mol. The number of alkyl halides is 2. The van der Waals surface area contributed by atoms with Gasteiger partial charge in [-0.25, -0.2) is 0 Å². The van der Waals surface area contributed by atoms with Gasteiger partial charge in [0.15, 0.2) is 0 Å². The zero-order chi connectivity index (χ0) is 13.8. The van der Waals surface area contributed by atoms with E-state index in [0.717, 1.165) is 15.1 Å². The molecular formula is C15H21Br3. The van der Waals surface area contributed by atoms with E-state index in [-0.39, 0.29) is 5.41 Å². The fourth-order valence-corrected chi connectivity index (χ4v) is 4.29. The van der Waals surface area contributed by atoms with Crippen molar-refractivity contribution < 1.29 is 0 Å². The Morgan fingerprint density at radius 2 is 1.39 bits per heavy atom. The molecule has 0 atom stereocenters. The lowest BCUT2D eigenvalue weighted by Gasteiger charge is -2.33. The van der Waals surface area contributed by atoms with Crippen molar-refractivity contribution in [2.24, 2.45) is 5.41 Å². The van der Waals surface area contributed by atoms with E-state index in [0.29, 0.717) is 5.41 Å². The molecular weight excluding hydrogens is 420 g/mol. The number of hydrogen-bond acceptors (Lipinski definition) is 0. The minimum Gasteiger partial charge on any atom is -0.0918 e. The Labute approximate surface area is 136 Å². The van der Waals surface area contributed by atoms with Gasteiger partial charge in [-0.3, -0.25) is 0 Å². The molecule has 0 saturated heterocycles. The first-order valence-electron chi connectivity index (χ1n) is 6.21. The van der Waals surface area contributed by atoms with Gasteiger partial charge in [0, 0.05) is 20.5 Å². The molecule has 0 bridgehead atoms.